The standard InChI is InChI=1S/C26H35N5O5/c1-4-22(32)29-20(26(35)36-3)16-17-10-12-19(13-11-17)28-25(34)23(18-8-6-5-7-9-18)30-24(33)21-14-15-27-31(21)2/h10-15,18,20,23H,4-9,16H2,1-3H3,(H,28,34)(H,29,32)(H,30,33)/t20-,23+/m1/s1. The minimum atomic E-state index is -0.791. The highest BCUT2D eigenvalue weighted by molar-refractivity contribution is 6.00. The fourth-order valence-electron chi connectivity index (χ4n) is 4.49. The van der Waals surface area contributed by atoms with Crippen LogP contribution in [-0.4, -0.2) is 52.7 Å². The predicted octanol–water partition coefficient (Wildman–Crippen LogP) is 2.35. The number of esters is 1. The van der Waals surface area contributed by atoms with Gasteiger partial charge in [-0.15, -0.1) is 0 Å². The molecule has 10 heteroatoms. The lowest BCUT2D eigenvalue weighted by Gasteiger charge is -2.30. The first-order chi connectivity index (χ1) is 17.3. The number of ether oxygens (including phenoxy) is 1. The predicted molar refractivity (Wildman–Crippen MR) is 134 cm³/mol. The van der Waals surface area contributed by atoms with E-state index in [4.69, 9.17) is 4.74 Å². The number of carbonyl (C=O) groups is 4. The van der Waals surface area contributed by atoms with Gasteiger partial charge in [-0.05, 0) is 42.5 Å². The molecule has 2 aromatic rings. The third kappa shape index (κ3) is 7.16. The van der Waals surface area contributed by atoms with E-state index in [2.05, 4.69) is 21.0 Å². The maximum absolute atomic E-state index is 13.3. The molecule has 36 heavy (non-hydrogen) atoms. The number of rotatable bonds is 10. The number of nitrogens with one attached hydrogen (secondary N) is 3. The molecule has 0 saturated heterocycles. The van der Waals surface area contributed by atoms with Crippen LogP contribution in [0.1, 0.15) is 61.5 Å². The van der Waals surface area contributed by atoms with Crippen LogP contribution in [0.2, 0.25) is 0 Å². The van der Waals surface area contributed by atoms with Crippen LogP contribution in [0.5, 0.6) is 0 Å². The summed E-state index contributed by atoms with van der Waals surface area (Å²) in [5.74, 6) is -1.31. The number of anilines is 1. The van der Waals surface area contributed by atoms with Crippen molar-refractivity contribution in [2.24, 2.45) is 13.0 Å². The Bertz CT molecular complexity index is 1060. The summed E-state index contributed by atoms with van der Waals surface area (Å²) in [5, 5.41) is 12.6. The quantitative estimate of drug-likeness (QED) is 0.432. The Kier molecular flexibility index (Phi) is 9.61. The molecule has 0 radical (unpaired) electrons. The maximum atomic E-state index is 13.3. The Hall–Kier alpha value is -3.69. The van der Waals surface area contributed by atoms with Crippen LogP contribution in [0, 0.1) is 5.92 Å². The highest BCUT2D eigenvalue weighted by Crippen LogP contribution is 2.27. The van der Waals surface area contributed by atoms with Gasteiger partial charge in [0.25, 0.3) is 5.91 Å². The number of aryl methyl sites for hydroxylation is 1. The van der Waals surface area contributed by atoms with Crippen molar-refractivity contribution >= 4 is 29.4 Å². The van der Waals surface area contributed by atoms with Gasteiger partial charge < -0.3 is 20.7 Å². The van der Waals surface area contributed by atoms with Gasteiger partial charge in [-0.1, -0.05) is 38.3 Å². The molecule has 0 spiro atoms. The Labute approximate surface area is 211 Å². The van der Waals surface area contributed by atoms with E-state index in [0.717, 1.165) is 37.7 Å². The van der Waals surface area contributed by atoms with E-state index in [1.54, 1.807) is 50.5 Å². The number of aromatic nitrogens is 2. The van der Waals surface area contributed by atoms with Crippen LogP contribution in [0.4, 0.5) is 5.69 Å². The molecule has 1 aromatic carbocycles. The maximum Gasteiger partial charge on any atom is 0.328 e. The van der Waals surface area contributed by atoms with E-state index >= 15 is 0 Å². The summed E-state index contributed by atoms with van der Waals surface area (Å²) in [6.45, 7) is 1.71. The molecule has 1 heterocycles. The Morgan fingerprint density at radius 3 is 2.33 bits per heavy atom. The van der Waals surface area contributed by atoms with Crippen LogP contribution in [0.25, 0.3) is 0 Å². The molecule has 0 unspecified atom stereocenters. The zero-order chi connectivity index (χ0) is 26.1. The second-order valence-corrected chi connectivity index (χ2v) is 9.08. The second kappa shape index (κ2) is 12.9. The third-order valence-electron chi connectivity index (χ3n) is 6.55. The molecule has 1 aromatic heterocycles. The summed E-state index contributed by atoms with van der Waals surface area (Å²) in [4.78, 5) is 50.0. The summed E-state index contributed by atoms with van der Waals surface area (Å²) in [6, 6.07) is 7.21. The summed E-state index contributed by atoms with van der Waals surface area (Å²) in [5.41, 5.74) is 1.77. The molecule has 10 nitrogen and oxygen atoms in total. The Morgan fingerprint density at radius 2 is 1.75 bits per heavy atom. The first-order valence-corrected chi connectivity index (χ1v) is 12.4. The minimum absolute atomic E-state index is 0.0539. The number of nitrogens with zero attached hydrogens (tertiary/aromatic N) is 2. The molecule has 2 atom stereocenters. The van der Waals surface area contributed by atoms with Gasteiger partial charge in [-0.3, -0.25) is 19.1 Å². The molecular weight excluding hydrogens is 462 g/mol. The van der Waals surface area contributed by atoms with Gasteiger partial charge >= 0.3 is 5.97 Å². The van der Waals surface area contributed by atoms with Gasteiger partial charge in [0.1, 0.15) is 17.8 Å². The topological polar surface area (TPSA) is 131 Å². The van der Waals surface area contributed by atoms with Crippen LogP contribution < -0.4 is 16.0 Å². The molecule has 1 aliphatic rings. The molecule has 1 fully saturated rings. The number of amides is 3. The normalized spacial score (nSPS) is 15.4. The Balaban J connectivity index is 1.69. The fourth-order valence-corrected chi connectivity index (χ4v) is 4.49. The molecular formula is C26H35N5O5. The van der Waals surface area contributed by atoms with E-state index in [0.29, 0.717) is 11.4 Å². The largest absolute Gasteiger partial charge is 0.467 e. The van der Waals surface area contributed by atoms with Crippen LogP contribution in [0.15, 0.2) is 36.5 Å². The number of benzene rings is 1. The van der Waals surface area contributed by atoms with E-state index in [1.165, 1.54) is 11.8 Å². The summed E-state index contributed by atoms with van der Waals surface area (Å²) in [6.07, 6.45) is 7.01. The monoisotopic (exact) mass is 497 g/mol. The van der Waals surface area contributed by atoms with E-state index in [9.17, 15) is 19.2 Å². The van der Waals surface area contributed by atoms with Crippen molar-refractivity contribution in [3.05, 3.63) is 47.8 Å². The van der Waals surface area contributed by atoms with E-state index < -0.39 is 18.1 Å². The smallest absolute Gasteiger partial charge is 0.328 e. The summed E-state index contributed by atoms with van der Waals surface area (Å²) >= 11 is 0. The molecule has 1 saturated carbocycles. The fraction of sp³-hybridized carbons (Fsp3) is 0.500. The molecule has 1 aliphatic carbocycles. The van der Waals surface area contributed by atoms with Crippen molar-refractivity contribution in [2.75, 3.05) is 12.4 Å². The number of methoxy groups -OCH3 is 1. The Morgan fingerprint density at radius 1 is 1.06 bits per heavy atom. The van der Waals surface area contributed by atoms with Gasteiger partial charge in [-0.2, -0.15) is 5.10 Å². The second-order valence-electron chi connectivity index (χ2n) is 9.08. The van der Waals surface area contributed by atoms with Crippen LogP contribution in [-0.2, 0) is 32.6 Å². The van der Waals surface area contributed by atoms with E-state index in [1.807, 2.05) is 0 Å². The molecule has 3 N–H and O–H groups in total. The lowest BCUT2D eigenvalue weighted by atomic mass is 9.83. The molecule has 0 bridgehead atoms. The van der Waals surface area contributed by atoms with Gasteiger partial charge in [-0.25, -0.2) is 4.79 Å². The number of hydrogen-bond donors (Lipinski definition) is 3. The molecule has 3 amide bonds. The van der Waals surface area contributed by atoms with Gasteiger partial charge in [0.2, 0.25) is 11.8 Å². The van der Waals surface area contributed by atoms with E-state index in [-0.39, 0.29) is 36.5 Å². The summed E-state index contributed by atoms with van der Waals surface area (Å²) in [7, 11) is 2.96. The first-order valence-electron chi connectivity index (χ1n) is 12.4. The van der Waals surface area contributed by atoms with Gasteiger partial charge in [0, 0.05) is 31.8 Å². The summed E-state index contributed by atoms with van der Waals surface area (Å²) < 4.78 is 6.29. The van der Waals surface area contributed by atoms with Crippen molar-refractivity contribution in [2.45, 2.75) is 64.0 Å². The minimum Gasteiger partial charge on any atom is -0.467 e. The molecule has 3 rings (SSSR count). The zero-order valence-corrected chi connectivity index (χ0v) is 21.1. The average molecular weight is 498 g/mol. The van der Waals surface area contributed by atoms with Crippen molar-refractivity contribution in [3.8, 4) is 0 Å². The van der Waals surface area contributed by atoms with Crippen LogP contribution in [0.3, 0.4) is 0 Å². The lowest BCUT2D eigenvalue weighted by Crippen LogP contribution is -2.49. The van der Waals surface area contributed by atoms with Gasteiger partial charge in [0.05, 0.1) is 7.11 Å². The van der Waals surface area contributed by atoms with Crippen molar-refractivity contribution in [1.29, 1.82) is 0 Å². The van der Waals surface area contributed by atoms with Crippen molar-refractivity contribution in [1.82, 2.24) is 20.4 Å². The molecule has 194 valence electrons. The van der Waals surface area contributed by atoms with Crippen molar-refractivity contribution in [3.63, 3.8) is 0 Å². The third-order valence-corrected chi connectivity index (χ3v) is 6.55. The highest BCUT2D eigenvalue weighted by atomic mass is 16.5. The van der Waals surface area contributed by atoms with Crippen molar-refractivity contribution < 1.29 is 23.9 Å². The lowest BCUT2D eigenvalue weighted by molar-refractivity contribution is -0.145. The number of carbonyl (C=O) groups excluding carboxylic acids is 4. The average Bonchev–Trinajstić information content (AvgIpc) is 3.33. The highest BCUT2D eigenvalue weighted by Gasteiger charge is 2.32. The van der Waals surface area contributed by atoms with Gasteiger partial charge in [0.15, 0.2) is 0 Å². The SMILES string of the molecule is CCC(=O)N[C@H](Cc1ccc(NC(=O)[C@@H](NC(=O)c2ccnn2C)C2CCCCC2)cc1)C(=O)OC. The zero-order valence-electron chi connectivity index (χ0n) is 21.1. The first kappa shape index (κ1) is 26.9. The molecule has 0 aliphatic heterocycles. The number of hydrogen-bond acceptors (Lipinski definition) is 6. The van der Waals surface area contributed by atoms with Crippen LogP contribution >= 0.6 is 0 Å².